The summed E-state index contributed by atoms with van der Waals surface area (Å²) in [6.45, 7) is 3.34. The standard InChI is InChI=1S/C20H24N6O3/c1-4-29-16-8-6-15(7-9-16)22-20(28)21-11-12-26-18-10-5-14(19(27)25(2)3)13-17(18)23-24-26/h5-10,13H,4,11-12H2,1-3H3,(H2,21,22,28). The Hall–Kier alpha value is -3.62. The van der Waals surface area contributed by atoms with Crippen LogP contribution in [0.25, 0.3) is 11.0 Å². The zero-order chi connectivity index (χ0) is 20.8. The van der Waals surface area contributed by atoms with Gasteiger partial charge in [0.05, 0.1) is 18.7 Å². The minimum absolute atomic E-state index is 0.0888. The molecule has 9 heteroatoms. The lowest BCUT2D eigenvalue weighted by Gasteiger charge is -2.10. The minimum atomic E-state index is -0.308. The van der Waals surface area contributed by atoms with Gasteiger partial charge >= 0.3 is 6.03 Å². The zero-order valence-electron chi connectivity index (χ0n) is 16.7. The molecule has 0 atom stereocenters. The molecule has 0 unspecified atom stereocenters. The summed E-state index contributed by atoms with van der Waals surface area (Å²) in [5.41, 5.74) is 2.67. The molecule has 152 valence electrons. The fourth-order valence-electron chi connectivity index (χ4n) is 2.78. The summed E-state index contributed by atoms with van der Waals surface area (Å²) in [6.07, 6.45) is 0. The summed E-state index contributed by atoms with van der Waals surface area (Å²) in [4.78, 5) is 25.6. The van der Waals surface area contributed by atoms with E-state index in [1.807, 2.05) is 13.0 Å². The van der Waals surface area contributed by atoms with Crippen LogP contribution in [-0.4, -0.2) is 59.1 Å². The van der Waals surface area contributed by atoms with Crippen LogP contribution in [0.15, 0.2) is 42.5 Å². The van der Waals surface area contributed by atoms with Crippen LogP contribution >= 0.6 is 0 Å². The average molecular weight is 396 g/mol. The predicted molar refractivity (Wildman–Crippen MR) is 110 cm³/mol. The molecule has 0 saturated heterocycles. The van der Waals surface area contributed by atoms with Gasteiger partial charge in [-0.1, -0.05) is 5.21 Å². The molecule has 3 aromatic rings. The summed E-state index contributed by atoms with van der Waals surface area (Å²) in [6, 6.07) is 12.1. The highest BCUT2D eigenvalue weighted by atomic mass is 16.5. The van der Waals surface area contributed by atoms with Crippen LogP contribution in [0.1, 0.15) is 17.3 Å². The van der Waals surface area contributed by atoms with Gasteiger partial charge in [-0.2, -0.15) is 0 Å². The molecule has 2 N–H and O–H groups in total. The Bertz CT molecular complexity index is 997. The van der Waals surface area contributed by atoms with E-state index >= 15 is 0 Å². The van der Waals surface area contributed by atoms with Crippen molar-refractivity contribution in [2.24, 2.45) is 0 Å². The third-order valence-corrected chi connectivity index (χ3v) is 4.20. The number of benzene rings is 2. The largest absolute Gasteiger partial charge is 0.494 e. The second-order valence-electron chi connectivity index (χ2n) is 6.55. The van der Waals surface area contributed by atoms with Crippen molar-refractivity contribution in [3.63, 3.8) is 0 Å². The lowest BCUT2D eigenvalue weighted by atomic mass is 10.2. The van der Waals surface area contributed by atoms with Gasteiger partial charge in [0.25, 0.3) is 5.91 Å². The lowest BCUT2D eigenvalue weighted by Crippen LogP contribution is -2.31. The van der Waals surface area contributed by atoms with Crippen molar-refractivity contribution in [1.29, 1.82) is 0 Å². The normalized spacial score (nSPS) is 10.6. The molecule has 0 aliphatic carbocycles. The molecule has 0 bridgehead atoms. The number of carbonyl (C=O) groups is 2. The van der Waals surface area contributed by atoms with Gasteiger partial charge in [0.2, 0.25) is 0 Å². The number of nitrogens with one attached hydrogen (secondary N) is 2. The van der Waals surface area contributed by atoms with Crippen molar-refractivity contribution in [2.75, 3.05) is 32.6 Å². The number of carbonyl (C=O) groups excluding carboxylic acids is 2. The Labute approximate surface area is 168 Å². The first-order chi connectivity index (χ1) is 14.0. The maximum Gasteiger partial charge on any atom is 0.319 e. The first-order valence-electron chi connectivity index (χ1n) is 9.30. The van der Waals surface area contributed by atoms with E-state index < -0.39 is 0 Å². The maximum absolute atomic E-state index is 12.1. The molecule has 0 aliphatic rings. The van der Waals surface area contributed by atoms with Crippen LogP contribution in [-0.2, 0) is 6.54 Å². The van der Waals surface area contributed by atoms with E-state index in [4.69, 9.17) is 4.74 Å². The Morgan fingerprint density at radius 1 is 1.14 bits per heavy atom. The highest BCUT2D eigenvalue weighted by Crippen LogP contribution is 2.16. The maximum atomic E-state index is 12.1. The number of anilines is 1. The summed E-state index contributed by atoms with van der Waals surface area (Å²) in [7, 11) is 3.40. The molecule has 2 aromatic carbocycles. The number of urea groups is 1. The fourth-order valence-corrected chi connectivity index (χ4v) is 2.78. The van der Waals surface area contributed by atoms with Crippen molar-refractivity contribution in [3.05, 3.63) is 48.0 Å². The van der Waals surface area contributed by atoms with Gasteiger partial charge in [-0.15, -0.1) is 5.10 Å². The van der Waals surface area contributed by atoms with Crippen LogP contribution < -0.4 is 15.4 Å². The highest BCUT2D eigenvalue weighted by Gasteiger charge is 2.12. The number of aromatic nitrogens is 3. The van der Waals surface area contributed by atoms with Crippen molar-refractivity contribution in [2.45, 2.75) is 13.5 Å². The molecule has 0 radical (unpaired) electrons. The van der Waals surface area contributed by atoms with Gasteiger partial charge < -0.3 is 20.3 Å². The smallest absolute Gasteiger partial charge is 0.319 e. The van der Waals surface area contributed by atoms with E-state index in [1.165, 1.54) is 4.90 Å². The second kappa shape index (κ2) is 9.05. The van der Waals surface area contributed by atoms with Gasteiger partial charge in [-0.05, 0) is 49.4 Å². The van der Waals surface area contributed by atoms with E-state index in [0.717, 1.165) is 11.3 Å². The minimum Gasteiger partial charge on any atom is -0.494 e. The number of rotatable bonds is 7. The third kappa shape index (κ3) is 5.01. The fraction of sp³-hybridized carbons (Fsp3) is 0.300. The molecule has 1 heterocycles. The van der Waals surface area contributed by atoms with Crippen molar-refractivity contribution in [3.8, 4) is 5.75 Å². The van der Waals surface area contributed by atoms with E-state index in [9.17, 15) is 9.59 Å². The number of fused-ring (bicyclic) bond motifs is 1. The molecule has 3 rings (SSSR count). The molecule has 1 aromatic heterocycles. The second-order valence-corrected chi connectivity index (χ2v) is 6.55. The summed E-state index contributed by atoms with van der Waals surface area (Å²) < 4.78 is 7.07. The summed E-state index contributed by atoms with van der Waals surface area (Å²) in [5, 5.41) is 13.8. The monoisotopic (exact) mass is 396 g/mol. The molecule has 9 nitrogen and oxygen atoms in total. The number of amides is 3. The van der Waals surface area contributed by atoms with Gasteiger partial charge in [0, 0.05) is 31.9 Å². The number of nitrogens with zero attached hydrogens (tertiary/aromatic N) is 4. The van der Waals surface area contributed by atoms with E-state index in [-0.39, 0.29) is 11.9 Å². The van der Waals surface area contributed by atoms with Gasteiger partial charge in [-0.3, -0.25) is 4.79 Å². The average Bonchev–Trinajstić information content (AvgIpc) is 3.11. The first-order valence-corrected chi connectivity index (χ1v) is 9.30. The summed E-state index contributed by atoms with van der Waals surface area (Å²) >= 11 is 0. The van der Waals surface area contributed by atoms with Crippen LogP contribution in [0.2, 0.25) is 0 Å². The number of ether oxygens (including phenoxy) is 1. The van der Waals surface area contributed by atoms with E-state index in [1.54, 1.807) is 55.2 Å². The zero-order valence-corrected chi connectivity index (χ0v) is 16.7. The predicted octanol–water partition coefficient (Wildman–Crippen LogP) is 2.35. The summed E-state index contributed by atoms with van der Waals surface area (Å²) in [5.74, 6) is 0.668. The molecule has 3 amide bonds. The van der Waals surface area contributed by atoms with E-state index in [0.29, 0.717) is 36.5 Å². The Morgan fingerprint density at radius 3 is 2.59 bits per heavy atom. The molecule has 29 heavy (non-hydrogen) atoms. The molecule has 0 fully saturated rings. The van der Waals surface area contributed by atoms with E-state index in [2.05, 4.69) is 20.9 Å². The number of hydrogen-bond acceptors (Lipinski definition) is 5. The Morgan fingerprint density at radius 2 is 1.90 bits per heavy atom. The SMILES string of the molecule is CCOc1ccc(NC(=O)NCCn2nnc3cc(C(=O)N(C)C)ccc32)cc1. The number of hydrogen-bond donors (Lipinski definition) is 2. The Kier molecular flexibility index (Phi) is 6.28. The highest BCUT2D eigenvalue weighted by molar-refractivity contribution is 5.97. The van der Waals surface area contributed by atoms with Crippen molar-refractivity contribution in [1.82, 2.24) is 25.2 Å². The van der Waals surface area contributed by atoms with Crippen LogP contribution in [0, 0.1) is 0 Å². The molecule has 0 saturated carbocycles. The van der Waals surface area contributed by atoms with Gasteiger partial charge in [-0.25, -0.2) is 9.48 Å². The lowest BCUT2D eigenvalue weighted by molar-refractivity contribution is 0.0827. The Balaban J connectivity index is 1.54. The molecular weight excluding hydrogens is 372 g/mol. The topological polar surface area (TPSA) is 101 Å². The first kappa shape index (κ1) is 20.1. The van der Waals surface area contributed by atoms with Crippen LogP contribution in [0.4, 0.5) is 10.5 Å². The van der Waals surface area contributed by atoms with Gasteiger partial charge in [0.1, 0.15) is 11.3 Å². The molecular formula is C20H24N6O3. The molecule has 0 spiro atoms. The van der Waals surface area contributed by atoms with Gasteiger partial charge in [0.15, 0.2) is 0 Å². The quantitative estimate of drug-likeness (QED) is 0.638. The van der Waals surface area contributed by atoms with Crippen molar-refractivity contribution < 1.29 is 14.3 Å². The van der Waals surface area contributed by atoms with Crippen LogP contribution in [0.3, 0.4) is 0 Å². The molecule has 0 aliphatic heterocycles. The van der Waals surface area contributed by atoms with Crippen molar-refractivity contribution >= 4 is 28.7 Å². The third-order valence-electron chi connectivity index (χ3n) is 4.20. The van der Waals surface area contributed by atoms with Crippen LogP contribution in [0.5, 0.6) is 5.75 Å².